The van der Waals surface area contributed by atoms with Crippen molar-refractivity contribution in [2.75, 3.05) is 31.8 Å². The van der Waals surface area contributed by atoms with Gasteiger partial charge in [-0.25, -0.2) is 0 Å². The smallest absolute Gasteiger partial charge is 0.272 e. The van der Waals surface area contributed by atoms with Gasteiger partial charge in [0.15, 0.2) is 0 Å². The molecule has 0 amide bonds. The van der Waals surface area contributed by atoms with Crippen molar-refractivity contribution < 1.29 is 9.66 Å². The van der Waals surface area contributed by atoms with Crippen LogP contribution in [-0.4, -0.2) is 31.4 Å². The van der Waals surface area contributed by atoms with Crippen LogP contribution in [0.2, 0.25) is 0 Å². The molecule has 1 rings (SSSR count). The van der Waals surface area contributed by atoms with E-state index in [1.54, 1.807) is 20.2 Å². The number of rotatable bonds is 6. The molecule has 0 bridgehead atoms. The minimum Gasteiger partial charge on any atom is -0.388 e. The molecule has 1 aromatic carbocycles. The zero-order chi connectivity index (χ0) is 12.0. The summed E-state index contributed by atoms with van der Waals surface area (Å²) in [6, 6.07) is 4.97. The quantitative estimate of drug-likeness (QED) is 0.359. The van der Waals surface area contributed by atoms with Crippen molar-refractivity contribution in [1.82, 2.24) is 0 Å². The highest BCUT2D eigenvalue weighted by Gasteiger charge is 2.09. The van der Waals surface area contributed by atoms with Crippen LogP contribution in [-0.2, 0) is 4.74 Å². The summed E-state index contributed by atoms with van der Waals surface area (Å²) in [5.74, 6) is 0.779. The molecule has 0 spiro atoms. The van der Waals surface area contributed by atoms with Crippen molar-refractivity contribution in [3.8, 4) is 0 Å². The highest BCUT2D eigenvalue weighted by atomic mass is 32.2. The number of ether oxygens (including phenoxy) is 1. The summed E-state index contributed by atoms with van der Waals surface area (Å²) >= 11 is 1.54. The third-order valence-corrected chi connectivity index (χ3v) is 2.89. The van der Waals surface area contributed by atoms with Crippen molar-refractivity contribution in [3.63, 3.8) is 0 Å². The Morgan fingerprint density at radius 2 is 2.25 bits per heavy atom. The Labute approximate surface area is 98.3 Å². The number of hydrogen-bond donors (Lipinski definition) is 1. The Hall–Kier alpha value is -1.27. The second-order valence-corrected chi connectivity index (χ2v) is 4.23. The summed E-state index contributed by atoms with van der Waals surface area (Å²) in [5.41, 5.74) is 0.848. The number of nitro benzene ring substituents is 1. The highest BCUT2D eigenvalue weighted by molar-refractivity contribution is 7.99. The molecule has 6 heteroatoms. The van der Waals surface area contributed by atoms with E-state index in [-0.39, 0.29) is 10.6 Å². The molecule has 0 fully saturated rings. The molecular weight excluding hydrogens is 228 g/mol. The largest absolute Gasteiger partial charge is 0.388 e. The van der Waals surface area contributed by atoms with Gasteiger partial charge in [-0.05, 0) is 6.07 Å². The van der Waals surface area contributed by atoms with Crippen LogP contribution in [0.4, 0.5) is 11.4 Å². The fraction of sp³-hybridized carbons (Fsp3) is 0.400. The maximum absolute atomic E-state index is 10.7. The van der Waals surface area contributed by atoms with Crippen LogP contribution in [0.1, 0.15) is 0 Å². The Kier molecular flexibility index (Phi) is 5.07. The molecule has 1 aromatic rings. The fourth-order valence-corrected chi connectivity index (χ4v) is 2.06. The van der Waals surface area contributed by atoms with Crippen molar-refractivity contribution >= 4 is 23.1 Å². The maximum Gasteiger partial charge on any atom is 0.272 e. The van der Waals surface area contributed by atoms with Crippen molar-refractivity contribution in [1.29, 1.82) is 0 Å². The minimum atomic E-state index is -0.388. The van der Waals surface area contributed by atoms with Crippen LogP contribution in [0.3, 0.4) is 0 Å². The number of nitrogens with zero attached hydrogens (tertiary/aromatic N) is 1. The average molecular weight is 242 g/mol. The van der Waals surface area contributed by atoms with Gasteiger partial charge in [0.1, 0.15) is 0 Å². The molecule has 0 unspecified atom stereocenters. The lowest BCUT2D eigenvalue weighted by atomic mass is 10.3. The molecule has 16 heavy (non-hydrogen) atoms. The summed E-state index contributed by atoms with van der Waals surface area (Å²) in [7, 11) is 3.37. The summed E-state index contributed by atoms with van der Waals surface area (Å²) in [4.78, 5) is 11.2. The molecule has 5 nitrogen and oxygen atoms in total. The van der Waals surface area contributed by atoms with E-state index in [1.807, 2.05) is 6.07 Å². The van der Waals surface area contributed by atoms with E-state index in [9.17, 15) is 10.1 Å². The van der Waals surface area contributed by atoms with Gasteiger partial charge in [0, 0.05) is 42.6 Å². The van der Waals surface area contributed by atoms with Crippen LogP contribution >= 0.6 is 11.8 Å². The van der Waals surface area contributed by atoms with Crippen molar-refractivity contribution in [2.45, 2.75) is 4.90 Å². The second-order valence-electron chi connectivity index (χ2n) is 3.06. The van der Waals surface area contributed by atoms with Crippen LogP contribution in [0.25, 0.3) is 0 Å². The highest BCUT2D eigenvalue weighted by Crippen LogP contribution is 2.27. The molecule has 0 aliphatic heterocycles. The molecule has 88 valence electrons. The third-order valence-electron chi connectivity index (χ3n) is 1.95. The topological polar surface area (TPSA) is 64.4 Å². The van der Waals surface area contributed by atoms with Crippen LogP contribution in [0.15, 0.2) is 23.1 Å². The van der Waals surface area contributed by atoms with Gasteiger partial charge in [-0.2, -0.15) is 0 Å². The molecule has 0 heterocycles. The number of nitrogens with one attached hydrogen (secondary N) is 1. The fourth-order valence-electron chi connectivity index (χ4n) is 1.16. The molecule has 0 aromatic heterocycles. The second kappa shape index (κ2) is 6.34. The van der Waals surface area contributed by atoms with Gasteiger partial charge in [-0.1, -0.05) is 0 Å². The van der Waals surface area contributed by atoms with Crippen LogP contribution in [0, 0.1) is 10.1 Å². The molecule has 0 aliphatic carbocycles. The van der Waals surface area contributed by atoms with Gasteiger partial charge < -0.3 is 10.1 Å². The van der Waals surface area contributed by atoms with Crippen LogP contribution < -0.4 is 5.32 Å². The predicted molar refractivity (Wildman–Crippen MR) is 65.2 cm³/mol. The Bertz CT molecular complexity index is 371. The molecule has 0 saturated heterocycles. The van der Waals surface area contributed by atoms with Crippen LogP contribution in [0.5, 0.6) is 0 Å². The van der Waals surface area contributed by atoms with E-state index >= 15 is 0 Å². The first-order valence-corrected chi connectivity index (χ1v) is 5.75. The number of thioether (sulfide) groups is 1. The number of benzene rings is 1. The van der Waals surface area contributed by atoms with Crippen molar-refractivity contribution in [2.24, 2.45) is 0 Å². The molecule has 0 aliphatic rings. The lowest BCUT2D eigenvalue weighted by Crippen LogP contribution is -1.95. The maximum atomic E-state index is 10.7. The number of nitro groups is 1. The number of non-ortho nitro benzene ring substituents is 1. The first-order valence-electron chi connectivity index (χ1n) is 4.76. The average Bonchev–Trinajstić information content (AvgIpc) is 2.29. The van der Waals surface area contributed by atoms with E-state index in [2.05, 4.69) is 5.32 Å². The monoisotopic (exact) mass is 242 g/mol. The lowest BCUT2D eigenvalue weighted by molar-refractivity contribution is -0.385. The molecule has 0 radical (unpaired) electrons. The summed E-state index contributed by atoms with van der Waals surface area (Å²) in [6.45, 7) is 0.627. The Balaban J connectivity index is 2.82. The lowest BCUT2D eigenvalue weighted by Gasteiger charge is -2.05. The Morgan fingerprint density at radius 1 is 1.50 bits per heavy atom. The number of hydrogen-bond acceptors (Lipinski definition) is 5. The minimum absolute atomic E-state index is 0.103. The zero-order valence-electron chi connectivity index (χ0n) is 9.23. The normalized spacial score (nSPS) is 10.1. The third kappa shape index (κ3) is 3.71. The van der Waals surface area contributed by atoms with E-state index in [4.69, 9.17) is 4.74 Å². The predicted octanol–water partition coefficient (Wildman–Crippen LogP) is 2.38. The summed E-state index contributed by atoms with van der Waals surface area (Å²) in [6.07, 6.45) is 0. The van der Waals surface area contributed by atoms with Gasteiger partial charge in [-0.3, -0.25) is 10.1 Å². The van der Waals surface area contributed by atoms with Gasteiger partial charge in [-0.15, -0.1) is 11.8 Å². The van der Waals surface area contributed by atoms with E-state index in [1.165, 1.54) is 17.8 Å². The molecular formula is C10H14N2O3S. The Morgan fingerprint density at radius 3 is 2.81 bits per heavy atom. The van der Waals surface area contributed by atoms with Gasteiger partial charge in [0.2, 0.25) is 0 Å². The summed E-state index contributed by atoms with van der Waals surface area (Å²) in [5, 5.41) is 13.6. The SMILES string of the molecule is CNc1cc(SCCOC)cc([N+](=O)[O-])c1. The first-order chi connectivity index (χ1) is 7.67. The van der Waals surface area contributed by atoms with Gasteiger partial charge in [0.05, 0.1) is 11.5 Å². The number of anilines is 1. The van der Waals surface area contributed by atoms with E-state index < -0.39 is 0 Å². The zero-order valence-corrected chi connectivity index (χ0v) is 10.0. The summed E-state index contributed by atoms with van der Waals surface area (Å²) < 4.78 is 4.93. The molecule has 1 N–H and O–H groups in total. The number of methoxy groups -OCH3 is 1. The van der Waals surface area contributed by atoms with Crippen molar-refractivity contribution in [3.05, 3.63) is 28.3 Å². The first kappa shape index (κ1) is 12.8. The van der Waals surface area contributed by atoms with E-state index in [0.717, 1.165) is 16.3 Å². The van der Waals surface area contributed by atoms with Gasteiger partial charge in [0.25, 0.3) is 5.69 Å². The molecule has 0 atom stereocenters. The van der Waals surface area contributed by atoms with Gasteiger partial charge >= 0.3 is 0 Å². The van der Waals surface area contributed by atoms with E-state index in [0.29, 0.717) is 6.61 Å². The standard InChI is InChI=1S/C10H14N2O3S/c1-11-8-5-9(12(13)14)7-10(6-8)16-4-3-15-2/h5-7,11H,3-4H2,1-2H3. The molecule has 0 saturated carbocycles.